The van der Waals surface area contributed by atoms with E-state index in [-0.39, 0.29) is 23.2 Å². The number of para-hydroxylation sites is 1. The number of anilines is 1. The number of benzene rings is 2. The summed E-state index contributed by atoms with van der Waals surface area (Å²) in [5.41, 5.74) is 2.99. The molecule has 4 rings (SSSR count). The molecular weight excluding hydrogens is 424 g/mol. The first kappa shape index (κ1) is 22.0. The van der Waals surface area contributed by atoms with Gasteiger partial charge in [-0.15, -0.1) is 0 Å². The van der Waals surface area contributed by atoms with E-state index in [4.69, 9.17) is 9.15 Å². The van der Waals surface area contributed by atoms with Gasteiger partial charge >= 0.3 is 5.97 Å². The maximum absolute atomic E-state index is 12.7. The molecule has 2 aromatic carbocycles. The third kappa shape index (κ3) is 4.41. The standard InChI is InChI=1S/C25H22N2O6/c1-3-16-7-4-6-15(2)22(16)26-21(28)14-33-25(31)17-9-10-19-20(12-17)24(30)27(23(19)29)13-18-8-5-11-32-18/h4-12H,3,13-14H2,1-2H3,(H,26,28). The number of carbonyl (C=O) groups is 4. The van der Waals surface area contributed by atoms with E-state index in [0.29, 0.717) is 11.4 Å². The minimum absolute atomic E-state index is 0.00204. The molecule has 8 nitrogen and oxygen atoms in total. The fraction of sp³-hybridized carbons (Fsp3) is 0.200. The molecule has 0 atom stereocenters. The Morgan fingerprint density at radius 1 is 1.03 bits per heavy atom. The molecule has 2 heterocycles. The lowest BCUT2D eigenvalue weighted by atomic mass is 10.1. The number of carbonyl (C=O) groups excluding carboxylic acids is 4. The van der Waals surface area contributed by atoms with Crippen molar-refractivity contribution in [1.82, 2.24) is 4.90 Å². The zero-order valence-electron chi connectivity index (χ0n) is 18.2. The number of esters is 1. The third-order valence-electron chi connectivity index (χ3n) is 5.44. The van der Waals surface area contributed by atoms with Crippen LogP contribution in [-0.2, 0) is 22.5 Å². The number of fused-ring (bicyclic) bond motifs is 1. The number of nitrogens with zero attached hydrogens (tertiary/aromatic N) is 1. The summed E-state index contributed by atoms with van der Waals surface area (Å²) >= 11 is 0. The summed E-state index contributed by atoms with van der Waals surface area (Å²) in [6.07, 6.45) is 2.20. The van der Waals surface area contributed by atoms with E-state index in [1.807, 2.05) is 32.0 Å². The van der Waals surface area contributed by atoms with Crippen LogP contribution in [0, 0.1) is 6.92 Å². The Balaban J connectivity index is 1.42. The molecule has 0 bridgehead atoms. The zero-order chi connectivity index (χ0) is 23.5. The first-order chi connectivity index (χ1) is 15.9. The average molecular weight is 446 g/mol. The molecule has 0 aliphatic carbocycles. The molecule has 0 fully saturated rings. The maximum Gasteiger partial charge on any atom is 0.338 e. The van der Waals surface area contributed by atoms with Gasteiger partial charge in [0.05, 0.1) is 29.5 Å². The van der Waals surface area contributed by atoms with Gasteiger partial charge in [0.15, 0.2) is 6.61 Å². The Kier molecular flexibility index (Phi) is 6.08. The molecule has 1 aromatic heterocycles. The first-order valence-electron chi connectivity index (χ1n) is 10.5. The van der Waals surface area contributed by atoms with Crippen molar-refractivity contribution in [3.05, 3.63) is 88.4 Å². The van der Waals surface area contributed by atoms with E-state index in [0.717, 1.165) is 22.4 Å². The quantitative estimate of drug-likeness (QED) is 0.438. The lowest BCUT2D eigenvalue weighted by molar-refractivity contribution is -0.119. The van der Waals surface area contributed by atoms with Gasteiger partial charge in [0.2, 0.25) is 0 Å². The maximum atomic E-state index is 12.7. The Labute approximate surface area is 190 Å². The van der Waals surface area contributed by atoms with E-state index in [1.54, 1.807) is 12.1 Å². The van der Waals surface area contributed by atoms with Crippen LogP contribution in [-0.4, -0.2) is 35.2 Å². The third-order valence-corrected chi connectivity index (χ3v) is 5.44. The number of amides is 3. The van der Waals surface area contributed by atoms with Gasteiger partial charge in [0.1, 0.15) is 5.76 Å². The molecule has 33 heavy (non-hydrogen) atoms. The second-order valence-electron chi connectivity index (χ2n) is 7.62. The van der Waals surface area contributed by atoms with Crippen molar-refractivity contribution in [2.45, 2.75) is 26.8 Å². The van der Waals surface area contributed by atoms with Crippen LogP contribution in [0.3, 0.4) is 0 Å². The van der Waals surface area contributed by atoms with Gasteiger partial charge in [-0.05, 0) is 54.8 Å². The van der Waals surface area contributed by atoms with Crippen molar-refractivity contribution in [1.29, 1.82) is 0 Å². The molecule has 3 amide bonds. The molecule has 3 aromatic rings. The number of nitrogens with one attached hydrogen (secondary N) is 1. The lowest BCUT2D eigenvalue weighted by Gasteiger charge is -2.13. The van der Waals surface area contributed by atoms with Gasteiger partial charge in [-0.3, -0.25) is 19.3 Å². The van der Waals surface area contributed by atoms with E-state index < -0.39 is 30.3 Å². The normalized spacial score (nSPS) is 12.6. The summed E-state index contributed by atoms with van der Waals surface area (Å²) in [4.78, 5) is 51.2. The van der Waals surface area contributed by atoms with Crippen LogP contribution in [0.4, 0.5) is 5.69 Å². The first-order valence-corrected chi connectivity index (χ1v) is 10.5. The number of imide groups is 1. The predicted octanol–water partition coefficient (Wildman–Crippen LogP) is 3.74. The van der Waals surface area contributed by atoms with Gasteiger partial charge in [0.25, 0.3) is 17.7 Å². The van der Waals surface area contributed by atoms with Gasteiger partial charge < -0.3 is 14.5 Å². The molecule has 168 valence electrons. The van der Waals surface area contributed by atoms with Crippen LogP contribution in [0.15, 0.2) is 59.2 Å². The summed E-state index contributed by atoms with van der Waals surface area (Å²) in [5.74, 6) is -1.75. The predicted molar refractivity (Wildman–Crippen MR) is 119 cm³/mol. The van der Waals surface area contributed by atoms with E-state index in [2.05, 4.69) is 5.32 Å². The molecule has 1 aliphatic heterocycles. The Morgan fingerprint density at radius 3 is 2.55 bits per heavy atom. The molecule has 8 heteroatoms. The zero-order valence-corrected chi connectivity index (χ0v) is 18.2. The van der Waals surface area contributed by atoms with Crippen LogP contribution in [0.5, 0.6) is 0 Å². The molecule has 0 saturated carbocycles. The SMILES string of the molecule is CCc1cccc(C)c1NC(=O)COC(=O)c1ccc2c(c1)C(=O)N(Cc1ccco1)C2=O. The highest BCUT2D eigenvalue weighted by atomic mass is 16.5. The second-order valence-corrected chi connectivity index (χ2v) is 7.62. The largest absolute Gasteiger partial charge is 0.467 e. The van der Waals surface area contributed by atoms with Crippen LogP contribution >= 0.6 is 0 Å². The molecule has 1 N–H and O–H groups in total. The van der Waals surface area contributed by atoms with Gasteiger partial charge in [-0.1, -0.05) is 25.1 Å². The molecule has 1 aliphatic rings. The summed E-state index contributed by atoms with van der Waals surface area (Å²) < 4.78 is 10.3. The Bertz CT molecular complexity index is 1250. The van der Waals surface area contributed by atoms with Gasteiger partial charge in [0, 0.05) is 5.69 Å². The van der Waals surface area contributed by atoms with Crippen LogP contribution in [0.25, 0.3) is 0 Å². The fourth-order valence-corrected chi connectivity index (χ4v) is 3.71. The monoisotopic (exact) mass is 446 g/mol. The summed E-state index contributed by atoms with van der Waals surface area (Å²) in [7, 11) is 0. The van der Waals surface area contributed by atoms with Crippen molar-refractivity contribution in [2.75, 3.05) is 11.9 Å². The van der Waals surface area contributed by atoms with Crippen LogP contribution in [0.1, 0.15) is 54.9 Å². The van der Waals surface area contributed by atoms with E-state index in [9.17, 15) is 19.2 Å². The van der Waals surface area contributed by atoms with Crippen molar-refractivity contribution in [3.63, 3.8) is 0 Å². The second kappa shape index (κ2) is 9.12. The van der Waals surface area contributed by atoms with Crippen molar-refractivity contribution in [2.24, 2.45) is 0 Å². The molecule has 0 saturated heterocycles. The fourth-order valence-electron chi connectivity index (χ4n) is 3.71. The molecule has 0 radical (unpaired) electrons. The summed E-state index contributed by atoms with van der Waals surface area (Å²) in [5, 5.41) is 2.79. The van der Waals surface area contributed by atoms with Gasteiger partial charge in [-0.2, -0.15) is 0 Å². The Morgan fingerprint density at radius 2 is 1.82 bits per heavy atom. The van der Waals surface area contributed by atoms with E-state index in [1.165, 1.54) is 24.5 Å². The van der Waals surface area contributed by atoms with Crippen LogP contribution in [0.2, 0.25) is 0 Å². The summed E-state index contributed by atoms with van der Waals surface area (Å²) in [6, 6.07) is 13.2. The van der Waals surface area contributed by atoms with E-state index >= 15 is 0 Å². The summed E-state index contributed by atoms with van der Waals surface area (Å²) in [6.45, 7) is 3.39. The Hall–Kier alpha value is -4.20. The highest BCUT2D eigenvalue weighted by Crippen LogP contribution is 2.26. The molecular formula is C25H22N2O6. The number of ether oxygens (including phenoxy) is 1. The number of hydrogen-bond acceptors (Lipinski definition) is 6. The number of furan rings is 1. The van der Waals surface area contributed by atoms with Crippen molar-refractivity contribution < 1.29 is 28.3 Å². The molecule has 0 spiro atoms. The van der Waals surface area contributed by atoms with Crippen molar-refractivity contribution >= 4 is 29.4 Å². The molecule has 0 unspecified atom stereocenters. The van der Waals surface area contributed by atoms with Crippen molar-refractivity contribution in [3.8, 4) is 0 Å². The number of rotatable bonds is 7. The lowest BCUT2D eigenvalue weighted by Crippen LogP contribution is -2.28. The van der Waals surface area contributed by atoms with Gasteiger partial charge in [-0.25, -0.2) is 4.79 Å². The number of hydrogen-bond donors (Lipinski definition) is 1. The average Bonchev–Trinajstić information content (AvgIpc) is 3.41. The topological polar surface area (TPSA) is 106 Å². The minimum atomic E-state index is -0.766. The minimum Gasteiger partial charge on any atom is -0.467 e. The highest BCUT2D eigenvalue weighted by molar-refractivity contribution is 6.21. The van der Waals surface area contributed by atoms with Crippen LogP contribution < -0.4 is 5.32 Å². The highest BCUT2D eigenvalue weighted by Gasteiger charge is 2.36. The number of aryl methyl sites for hydroxylation is 2. The smallest absolute Gasteiger partial charge is 0.338 e.